The lowest BCUT2D eigenvalue weighted by atomic mass is 10.0. The predicted molar refractivity (Wildman–Crippen MR) is 93.2 cm³/mol. The van der Waals surface area contributed by atoms with Crippen LogP contribution in [-0.4, -0.2) is 41.7 Å². The molecule has 1 aliphatic rings. The zero-order chi connectivity index (χ0) is 15.8. The molecule has 5 nitrogen and oxygen atoms in total. The van der Waals surface area contributed by atoms with E-state index in [2.05, 4.69) is 61.5 Å². The van der Waals surface area contributed by atoms with Gasteiger partial charge in [0.15, 0.2) is 5.82 Å². The van der Waals surface area contributed by atoms with E-state index in [9.17, 15) is 0 Å². The minimum atomic E-state index is 0.152. The predicted octanol–water partition coefficient (Wildman–Crippen LogP) is 3.23. The average molecular weight is 373 g/mol. The molecule has 0 bridgehead atoms. The number of hydrogen-bond acceptors (Lipinski definition) is 5. The molecule has 1 N–H and O–H groups in total. The van der Waals surface area contributed by atoms with Crippen LogP contribution in [0.5, 0.6) is 0 Å². The Hall–Kier alpha value is -1.76. The van der Waals surface area contributed by atoms with Crippen molar-refractivity contribution in [2.45, 2.75) is 6.04 Å². The van der Waals surface area contributed by atoms with Gasteiger partial charge in [0.2, 0.25) is 0 Å². The molecule has 2 heterocycles. The van der Waals surface area contributed by atoms with Gasteiger partial charge in [-0.05, 0) is 30.0 Å². The van der Waals surface area contributed by atoms with E-state index in [0.717, 1.165) is 46.3 Å². The second-order valence-electron chi connectivity index (χ2n) is 5.83. The zero-order valence-corrected chi connectivity index (χ0v) is 14.4. The highest BCUT2D eigenvalue weighted by Crippen LogP contribution is 2.32. The molecule has 2 aromatic carbocycles. The molecule has 0 radical (unpaired) electrons. The fraction of sp³-hybridized carbons (Fsp3) is 0.294. The highest BCUT2D eigenvalue weighted by atomic mass is 79.9. The van der Waals surface area contributed by atoms with Gasteiger partial charge in [-0.3, -0.25) is 4.90 Å². The van der Waals surface area contributed by atoms with Crippen LogP contribution in [0.25, 0.3) is 22.2 Å². The van der Waals surface area contributed by atoms with Crippen molar-refractivity contribution in [1.29, 1.82) is 0 Å². The van der Waals surface area contributed by atoms with Crippen molar-refractivity contribution in [3.8, 4) is 11.5 Å². The van der Waals surface area contributed by atoms with Crippen LogP contribution in [0.1, 0.15) is 11.9 Å². The van der Waals surface area contributed by atoms with E-state index in [4.69, 9.17) is 4.52 Å². The number of halogens is 1. The van der Waals surface area contributed by atoms with Crippen LogP contribution in [0, 0.1) is 0 Å². The Morgan fingerprint density at radius 1 is 1.30 bits per heavy atom. The van der Waals surface area contributed by atoms with Gasteiger partial charge >= 0.3 is 0 Å². The van der Waals surface area contributed by atoms with Crippen molar-refractivity contribution < 1.29 is 4.52 Å². The summed E-state index contributed by atoms with van der Waals surface area (Å²) in [6, 6.07) is 12.5. The largest absolute Gasteiger partial charge is 0.334 e. The molecule has 118 valence electrons. The van der Waals surface area contributed by atoms with Gasteiger partial charge in [-0.2, -0.15) is 4.98 Å². The molecule has 6 heteroatoms. The molecular weight excluding hydrogens is 356 g/mol. The second-order valence-corrected chi connectivity index (χ2v) is 6.75. The zero-order valence-electron chi connectivity index (χ0n) is 12.8. The lowest BCUT2D eigenvalue weighted by molar-refractivity contribution is 0.190. The molecular formula is C17H17BrN4O. The summed E-state index contributed by atoms with van der Waals surface area (Å²) in [6.45, 7) is 2.82. The molecule has 1 aromatic heterocycles. The summed E-state index contributed by atoms with van der Waals surface area (Å²) in [6.07, 6.45) is 0. The maximum absolute atomic E-state index is 5.58. The van der Waals surface area contributed by atoms with Gasteiger partial charge in [0.05, 0.1) is 6.04 Å². The molecule has 0 aliphatic carbocycles. The number of likely N-dealkylation sites (N-methyl/N-ethyl adjacent to an activating group) is 1. The lowest BCUT2D eigenvalue weighted by Gasteiger charge is -2.30. The molecule has 1 fully saturated rings. The fourth-order valence-electron chi connectivity index (χ4n) is 3.02. The summed E-state index contributed by atoms with van der Waals surface area (Å²) >= 11 is 3.57. The van der Waals surface area contributed by atoms with Crippen molar-refractivity contribution in [1.82, 2.24) is 20.4 Å². The van der Waals surface area contributed by atoms with Crippen molar-refractivity contribution >= 4 is 26.7 Å². The molecule has 1 atom stereocenters. The van der Waals surface area contributed by atoms with Crippen LogP contribution in [0.4, 0.5) is 0 Å². The van der Waals surface area contributed by atoms with Crippen LogP contribution < -0.4 is 5.32 Å². The molecule has 1 unspecified atom stereocenters. The van der Waals surface area contributed by atoms with E-state index >= 15 is 0 Å². The summed E-state index contributed by atoms with van der Waals surface area (Å²) in [4.78, 5) is 6.92. The first-order valence-electron chi connectivity index (χ1n) is 7.65. The molecule has 4 rings (SSSR count). The second kappa shape index (κ2) is 6.03. The Morgan fingerprint density at radius 3 is 3.04 bits per heavy atom. The van der Waals surface area contributed by atoms with Crippen molar-refractivity contribution in [3.05, 3.63) is 46.7 Å². The van der Waals surface area contributed by atoms with Crippen molar-refractivity contribution in [2.75, 3.05) is 26.7 Å². The van der Waals surface area contributed by atoms with Crippen LogP contribution in [0.3, 0.4) is 0 Å². The lowest BCUT2D eigenvalue weighted by Crippen LogP contribution is -2.44. The third kappa shape index (κ3) is 2.78. The fourth-order valence-corrected chi connectivity index (χ4v) is 3.50. The van der Waals surface area contributed by atoms with Gasteiger partial charge in [-0.15, -0.1) is 0 Å². The molecule has 23 heavy (non-hydrogen) atoms. The van der Waals surface area contributed by atoms with E-state index in [0.29, 0.717) is 5.89 Å². The van der Waals surface area contributed by atoms with Crippen LogP contribution in [-0.2, 0) is 0 Å². The number of nitrogens with zero attached hydrogens (tertiary/aromatic N) is 3. The standard InChI is InChI=1S/C17H17BrN4O/c1-22-7-6-19-10-15(22)16-20-17(23-21-16)14-9-12(18)8-11-4-2-3-5-13(11)14/h2-5,8-9,15,19H,6-7,10H2,1H3. The maximum Gasteiger partial charge on any atom is 0.258 e. The molecule has 0 amide bonds. The summed E-state index contributed by atoms with van der Waals surface area (Å²) in [5.41, 5.74) is 0.958. The normalized spacial score (nSPS) is 19.3. The first-order chi connectivity index (χ1) is 11.2. The highest BCUT2D eigenvalue weighted by molar-refractivity contribution is 9.10. The Morgan fingerprint density at radius 2 is 2.17 bits per heavy atom. The van der Waals surface area contributed by atoms with Crippen LogP contribution >= 0.6 is 15.9 Å². The first-order valence-corrected chi connectivity index (χ1v) is 8.45. The Labute approximate surface area is 142 Å². The number of rotatable bonds is 2. The molecule has 3 aromatic rings. The van der Waals surface area contributed by atoms with Crippen molar-refractivity contribution in [2.24, 2.45) is 0 Å². The first kappa shape index (κ1) is 14.8. The van der Waals surface area contributed by atoms with Crippen LogP contribution in [0.15, 0.2) is 45.4 Å². The number of nitrogens with one attached hydrogen (secondary N) is 1. The highest BCUT2D eigenvalue weighted by Gasteiger charge is 2.25. The van der Waals surface area contributed by atoms with E-state index in [1.165, 1.54) is 0 Å². The van der Waals surface area contributed by atoms with E-state index in [1.54, 1.807) is 0 Å². The van der Waals surface area contributed by atoms with E-state index < -0.39 is 0 Å². The van der Waals surface area contributed by atoms with Crippen molar-refractivity contribution in [3.63, 3.8) is 0 Å². The van der Waals surface area contributed by atoms with Gasteiger partial charge < -0.3 is 9.84 Å². The van der Waals surface area contributed by atoms with Gasteiger partial charge in [0.25, 0.3) is 5.89 Å². The summed E-state index contributed by atoms with van der Waals surface area (Å²) < 4.78 is 6.58. The smallest absolute Gasteiger partial charge is 0.258 e. The SMILES string of the molecule is CN1CCNCC1c1noc(-c2cc(Br)cc3ccccc23)n1. The number of hydrogen-bond donors (Lipinski definition) is 1. The average Bonchev–Trinajstić information content (AvgIpc) is 3.04. The van der Waals surface area contributed by atoms with Crippen LogP contribution in [0.2, 0.25) is 0 Å². The topological polar surface area (TPSA) is 54.2 Å². The Balaban J connectivity index is 1.77. The molecule has 0 saturated carbocycles. The number of fused-ring (bicyclic) bond motifs is 1. The van der Waals surface area contributed by atoms with Gasteiger partial charge in [-0.25, -0.2) is 0 Å². The summed E-state index contributed by atoms with van der Waals surface area (Å²) in [7, 11) is 2.09. The summed E-state index contributed by atoms with van der Waals surface area (Å²) in [5, 5.41) is 9.86. The minimum Gasteiger partial charge on any atom is -0.334 e. The third-order valence-electron chi connectivity index (χ3n) is 4.31. The van der Waals surface area contributed by atoms with Gasteiger partial charge in [0, 0.05) is 29.7 Å². The number of aromatic nitrogens is 2. The van der Waals surface area contributed by atoms with Gasteiger partial charge in [-0.1, -0.05) is 45.4 Å². The molecule has 1 saturated heterocycles. The summed E-state index contributed by atoms with van der Waals surface area (Å²) in [5.74, 6) is 1.30. The molecule has 1 aliphatic heterocycles. The Bertz CT molecular complexity index is 847. The van der Waals surface area contributed by atoms with E-state index in [-0.39, 0.29) is 6.04 Å². The number of piperazine rings is 1. The Kier molecular flexibility index (Phi) is 3.88. The third-order valence-corrected chi connectivity index (χ3v) is 4.77. The maximum atomic E-state index is 5.58. The quantitative estimate of drug-likeness (QED) is 0.748. The number of benzene rings is 2. The van der Waals surface area contributed by atoms with E-state index in [1.807, 2.05) is 18.2 Å². The minimum absolute atomic E-state index is 0.152. The molecule has 0 spiro atoms. The van der Waals surface area contributed by atoms with Gasteiger partial charge in [0.1, 0.15) is 0 Å². The monoisotopic (exact) mass is 372 g/mol.